The highest BCUT2D eigenvalue weighted by Gasteiger charge is 2.06. The number of hydrogen-bond donors (Lipinski definition) is 2. The zero-order valence-corrected chi connectivity index (χ0v) is 15.6. The Balaban J connectivity index is 1.74. The van der Waals surface area contributed by atoms with Gasteiger partial charge >= 0.3 is 0 Å². The maximum absolute atomic E-state index is 12.0. The van der Waals surface area contributed by atoms with E-state index in [4.69, 9.17) is 4.74 Å². The molecule has 2 aromatic rings. The van der Waals surface area contributed by atoms with Crippen LogP contribution in [0.2, 0.25) is 0 Å². The van der Waals surface area contributed by atoms with Crippen molar-refractivity contribution in [2.75, 3.05) is 25.5 Å². The van der Waals surface area contributed by atoms with Crippen LogP contribution in [0.3, 0.4) is 0 Å². The molecule has 1 amide bonds. The highest BCUT2D eigenvalue weighted by atomic mass is 16.5. The molecule has 0 aromatic heterocycles. The van der Waals surface area contributed by atoms with Gasteiger partial charge in [-0.05, 0) is 49.9 Å². The summed E-state index contributed by atoms with van der Waals surface area (Å²) in [7, 11) is 1.66. The van der Waals surface area contributed by atoms with Crippen molar-refractivity contribution >= 4 is 11.6 Å². The van der Waals surface area contributed by atoms with E-state index in [0.29, 0.717) is 19.5 Å². The molecule has 2 aromatic carbocycles. The topological polar surface area (TPSA) is 50.4 Å². The van der Waals surface area contributed by atoms with Gasteiger partial charge in [0.25, 0.3) is 0 Å². The smallest absolute Gasteiger partial charge is 0.221 e. The van der Waals surface area contributed by atoms with Crippen LogP contribution >= 0.6 is 0 Å². The molecule has 2 rings (SSSR count). The van der Waals surface area contributed by atoms with E-state index in [9.17, 15) is 4.79 Å². The van der Waals surface area contributed by atoms with E-state index in [1.165, 1.54) is 16.7 Å². The summed E-state index contributed by atoms with van der Waals surface area (Å²) in [4.78, 5) is 12.0. The second-order valence-electron chi connectivity index (χ2n) is 6.36. The lowest BCUT2D eigenvalue weighted by atomic mass is 10.1. The van der Waals surface area contributed by atoms with E-state index < -0.39 is 0 Å². The summed E-state index contributed by atoms with van der Waals surface area (Å²) in [6.45, 7) is 7.53. The predicted octanol–water partition coefficient (Wildman–Crippen LogP) is 3.78. The van der Waals surface area contributed by atoms with Gasteiger partial charge in [-0.1, -0.05) is 35.9 Å². The molecule has 0 aliphatic carbocycles. The summed E-state index contributed by atoms with van der Waals surface area (Å²) in [5, 5.41) is 6.36. The third-order valence-electron chi connectivity index (χ3n) is 4.24. The van der Waals surface area contributed by atoms with Gasteiger partial charge in [0.05, 0.1) is 7.11 Å². The molecule has 0 fully saturated rings. The van der Waals surface area contributed by atoms with Crippen LogP contribution in [0.1, 0.15) is 28.7 Å². The molecule has 0 bridgehead atoms. The van der Waals surface area contributed by atoms with Crippen molar-refractivity contribution in [2.24, 2.45) is 0 Å². The Morgan fingerprint density at radius 2 is 1.72 bits per heavy atom. The molecular formula is C21H28N2O2. The third kappa shape index (κ3) is 5.52. The minimum Gasteiger partial charge on any atom is -0.496 e. The Kier molecular flexibility index (Phi) is 6.87. The van der Waals surface area contributed by atoms with Crippen molar-refractivity contribution in [1.29, 1.82) is 0 Å². The van der Waals surface area contributed by atoms with Gasteiger partial charge in [0.15, 0.2) is 0 Å². The van der Waals surface area contributed by atoms with Crippen molar-refractivity contribution in [3.05, 3.63) is 58.7 Å². The summed E-state index contributed by atoms with van der Waals surface area (Å²) in [5.41, 5.74) is 5.93. The molecule has 0 aliphatic heterocycles. The molecule has 25 heavy (non-hydrogen) atoms. The van der Waals surface area contributed by atoms with Crippen LogP contribution in [0.25, 0.3) is 0 Å². The largest absolute Gasteiger partial charge is 0.496 e. The van der Waals surface area contributed by atoms with Crippen LogP contribution in [-0.2, 0) is 11.2 Å². The Morgan fingerprint density at radius 1 is 1.04 bits per heavy atom. The number of methoxy groups -OCH3 is 1. The highest BCUT2D eigenvalue weighted by Crippen LogP contribution is 2.21. The zero-order valence-electron chi connectivity index (χ0n) is 15.6. The monoisotopic (exact) mass is 340 g/mol. The first-order chi connectivity index (χ1) is 12.0. The predicted molar refractivity (Wildman–Crippen MR) is 103 cm³/mol. The minimum atomic E-state index is 0.0600. The van der Waals surface area contributed by atoms with Crippen molar-refractivity contribution in [2.45, 2.75) is 33.6 Å². The number of carbonyl (C=O) groups excluding carboxylic acids is 1. The number of para-hydroxylation sites is 1. The molecule has 0 unspecified atom stereocenters. The molecular weight excluding hydrogens is 312 g/mol. The van der Waals surface area contributed by atoms with Crippen LogP contribution in [0, 0.1) is 20.8 Å². The fourth-order valence-electron chi connectivity index (χ4n) is 3.09. The number of benzene rings is 2. The molecule has 0 atom stereocenters. The molecule has 0 aliphatic rings. The minimum absolute atomic E-state index is 0.0600. The van der Waals surface area contributed by atoms with Gasteiger partial charge in [-0.25, -0.2) is 0 Å². The van der Waals surface area contributed by atoms with Crippen LogP contribution in [-0.4, -0.2) is 26.1 Å². The van der Waals surface area contributed by atoms with Gasteiger partial charge in [0.1, 0.15) is 5.75 Å². The number of aryl methyl sites for hydroxylation is 3. The summed E-state index contributed by atoms with van der Waals surface area (Å²) in [6, 6.07) is 12.2. The molecule has 0 saturated carbocycles. The lowest BCUT2D eigenvalue weighted by molar-refractivity contribution is -0.120. The third-order valence-corrected chi connectivity index (χ3v) is 4.24. The maximum atomic E-state index is 12.0. The average molecular weight is 340 g/mol. The van der Waals surface area contributed by atoms with E-state index in [1.54, 1.807) is 7.11 Å². The second-order valence-corrected chi connectivity index (χ2v) is 6.36. The fourth-order valence-corrected chi connectivity index (χ4v) is 3.09. The van der Waals surface area contributed by atoms with Crippen LogP contribution in [0.5, 0.6) is 5.75 Å². The van der Waals surface area contributed by atoms with Crippen LogP contribution in [0.4, 0.5) is 5.69 Å². The lowest BCUT2D eigenvalue weighted by Gasteiger charge is -2.14. The Labute approximate surface area is 150 Å². The number of nitrogens with one attached hydrogen (secondary N) is 2. The summed E-state index contributed by atoms with van der Waals surface area (Å²) in [5.74, 6) is 0.925. The Morgan fingerprint density at radius 3 is 2.40 bits per heavy atom. The molecule has 0 heterocycles. The van der Waals surface area contributed by atoms with Crippen molar-refractivity contribution in [3.63, 3.8) is 0 Å². The molecule has 134 valence electrons. The maximum Gasteiger partial charge on any atom is 0.221 e. The summed E-state index contributed by atoms with van der Waals surface area (Å²) < 4.78 is 5.32. The van der Waals surface area contributed by atoms with E-state index >= 15 is 0 Å². The average Bonchev–Trinajstić information content (AvgIpc) is 2.57. The van der Waals surface area contributed by atoms with Gasteiger partial charge in [-0.15, -0.1) is 0 Å². The first kappa shape index (κ1) is 18.8. The zero-order chi connectivity index (χ0) is 18.2. The number of anilines is 1. The molecule has 4 nitrogen and oxygen atoms in total. The Bertz CT molecular complexity index is 703. The summed E-state index contributed by atoms with van der Waals surface area (Å²) in [6.07, 6.45) is 1.22. The highest BCUT2D eigenvalue weighted by molar-refractivity contribution is 5.76. The molecule has 2 N–H and O–H groups in total. The van der Waals surface area contributed by atoms with Gasteiger partial charge < -0.3 is 15.4 Å². The van der Waals surface area contributed by atoms with Crippen LogP contribution in [0.15, 0.2) is 36.4 Å². The number of carbonyl (C=O) groups is 1. The van der Waals surface area contributed by atoms with Gasteiger partial charge in [-0.2, -0.15) is 0 Å². The molecule has 0 saturated heterocycles. The van der Waals surface area contributed by atoms with Crippen LogP contribution < -0.4 is 15.4 Å². The van der Waals surface area contributed by atoms with E-state index in [-0.39, 0.29) is 5.91 Å². The molecule has 0 radical (unpaired) electrons. The van der Waals surface area contributed by atoms with E-state index in [0.717, 1.165) is 23.4 Å². The lowest BCUT2D eigenvalue weighted by Crippen LogP contribution is -2.27. The van der Waals surface area contributed by atoms with Crippen molar-refractivity contribution < 1.29 is 9.53 Å². The number of hydrogen-bond acceptors (Lipinski definition) is 3. The van der Waals surface area contributed by atoms with Crippen molar-refractivity contribution in [3.8, 4) is 5.75 Å². The SMILES string of the molecule is COc1ccccc1CCNC(=O)CCNc1c(C)cc(C)cc1C. The number of ether oxygens (including phenoxy) is 1. The van der Waals surface area contributed by atoms with E-state index in [1.807, 2.05) is 24.3 Å². The van der Waals surface area contributed by atoms with E-state index in [2.05, 4.69) is 43.5 Å². The van der Waals surface area contributed by atoms with Gasteiger partial charge in [-0.3, -0.25) is 4.79 Å². The van der Waals surface area contributed by atoms with Crippen molar-refractivity contribution in [1.82, 2.24) is 5.32 Å². The first-order valence-electron chi connectivity index (χ1n) is 8.71. The van der Waals surface area contributed by atoms with Gasteiger partial charge in [0.2, 0.25) is 5.91 Å². The Hall–Kier alpha value is -2.49. The molecule has 4 heteroatoms. The second kappa shape index (κ2) is 9.11. The number of rotatable bonds is 8. The molecule has 0 spiro atoms. The number of amides is 1. The standard InChI is InChI=1S/C21H28N2O2/c1-15-13-16(2)21(17(3)14-15)23-12-10-20(24)22-11-9-18-7-5-6-8-19(18)25-4/h5-8,13-14,23H,9-12H2,1-4H3,(H,22,24). The first-order valence-corrected chi connectivity index (χ1v) is 8.71. The normalized spacial score (nSPS) is 10.4. The summed E-state index contributed by atoms with van der Waals surface area (Å²) >= 11 is 0. The fraction of sp³-hybridized carbons (Fsp3) is 0.381. The van der Waals surface area contributed by atoms with Gasteiger partial charge in [0, 0.05) is 25.2 Å². The quantitative estimate of drug-likeness (QED) is 0.769.